The Kier molecular flexibility index (Phi) is 18.1. The van der Waals surface area contributed by atoms with E-state index in [0.29, 0.717) is 0 Å². The van der Waals surface area contributed by atoms with Crippen LogP contribution < -0.4 is 11.2 Å². The van der Waals surface area contributed by atoms with Crippen LogP contribution >= 0.6 is 0 Å². The number of nitrogens with one attached hydrogen (secondary N) is 1. The molecular formula is C37H47N5O23. The van der Waals surface area contributed by atoms with Gasteiger partial charge in [-0.1, -0.05) is 5.11 Å². The molecular weight excluding hydrogens is 882 g/mol. The number of hydrogen-bond acceptors (Lipinski definition) is 24. The van der Waals surface area contributed by atoms with Crippen molar-refractivity contribution in [2.24, 2.45) is 5.11 Å². The largest absolute Gasteiger partial charge is 0.463 e. The number of carbonyl (C=O) groups excluding carboxylic acids is 8. The van der Waals surface area contributed by atoms with E-state index in [1.54, 1.807) is 0 Å². The summed E-state index contributed by atoms with van der Waals surface area (Å²) in [5.74, 6) is -7.36. The summed E-state index contributed by atoms with van der Waals surface area (Å²) < 4.78 is 74.6. The van der Waals surface area contributed by atoms with Crippen molar-refractivity contribution in [1.29, 1.82) is 0 Å². The van der Waals surface area contributed by atoms with Gasteiger partial charge in [-0.15, -0.1) is 0 Å². The maximum atomic E-state index is 12.8. The Morgan fingerprint density at radius 2 is 1.03 bits per heavy atom. The van der Waals surface area contributed by atoms with Crippen molar-refractivity contribution in [3.63, 3.8) is 0 Å². The molecule has 1 aromatic heterocycles. The highest BCUT2D eigenvalue weighted by atomic mass is 16.8. The Labute approximate surface area is 366 Å². The molecule has 4 rings (SSSR count). The first-order chi connectivity index (χ1) is 30.6. The lowest BCUT2D eigenvalue weighted by Crippen LogP contribution is -2.66. The summed E-state index contributed by atoms with van der Waals surface area (Å²) in [6.07, 6.45) is -20.6. The molecule has 1 aromatic rings. The second-order valence-electron chi connectivity index (χ2n) is 14.3. The fourth-order valence-corrected chi connectivity index (χ4v) is 7.02. The minimum absolute atomic E-state index is 0.659. The molecule has 0 amide bonds. The van der Waals surface area contributed by atoms with E-state index in [-0.39, 0.29) is 0 Å². The van der Waals surface area contributed by atoms with E-state index < -0.39 is 165 Å². The average molecular weight is 930 g/mol. The molecule has 3 saturated heterocycles. The third kappa shape index (κ3) is 14.0. The number of ether oxygens (including phenoxy) is 13. The summed E-state index contributed by atoms with van der Waals surface area (Å²) >= 11 is 0. The third-order valence-corrected chi connectivity index (χ3v) is 9.23. The number of carbonyl (C=O) groups is 8. The summed E-state index contributed by atoms with van der Waals surface area (Å²) in [5.41, 5.74) is 8.01. The van der Waals surface area contributed by atoms with Crippen molar-refractivity contribution >= 4 is 47.8 Å². The number of azide groups is 1. The van der Waals surface area contributed by atoms with E-state index in [1.165, 1.54) is 0 Å². The van der Waals surface area contributed by atoms with Crippen molar-refractivity contribution in [3.8, 4) is 0 Å². The van der Waals surface area contributed by atoms with Gasteiger partial charge in [0.25, 0.3) is 5.56 Å². The zero-order valence-electron chi connectivity index (χ0n) is 36.0. The van der Waals surface area contributed by atoms with Crippen LogP contribution in [-0.2, 0) is 99.9 Å². The van der Waals surface area contributed by atoms with E-state index in [0.717, 1.165) is 72.2 Å². The topological polar surface area (TPSA) is 360 Å². The van der Waals surface area contributed by atoms with Crippen molar-refractivity contribution < 1.29 is 99.9 Å². The van der Waals surface area contributed by atoms with Crippen molar-refractivity contribution in [2.75, 3.05) is 19.8 Å². The van der Waals surface area contributed by atoms with Crippen molar-refractivity contribution in [1.82, 2.24) is 9.55 Å². The van der Waals surface area contributed by atoms with Crippen LogP contribution in [0.15, 0.2) is 27.0 Å². The van der Waals surface area contributed by atoms with Crippen LogP contribution in [0.5, 0.6) is 0 Å². The summed E-state index contributed by atoms with van der Waals surface area (Å²) in [4.78, 5) is 128. The van der Waals surface area contributed by atoms with E-state index in [9.17, 15) is 53.5 Å². The van der Waals surface area contributed by atoms with Crippen LogP contribution in [0.3, 0.4) is 0 Å². The Morgan fingerprint density at radius 1 is 0.585 bits per heavy atom. The van der Waals surface area contributed by atoms with Gasteiger partial charge in [-0.05, 0) is 5.53 Å². The number of H-pyrrole nitrogens is 1. The monoisotopic (exact) mass is 929 g/mol. The predicted molar refractivity (Wildman–Crippen MR) is 203 cm³/mol. The Bertz CT molecular complexity index is 2120. The molecule has 28 nitrogen and oxygen atoms in total. The first kappa shape index (κ1) is 51.2. The van der Waals surface area contributed by atoms with Gasteiger partial charge in [0.1, 0.15) is 49.8 Å². The molecule has 4 heterocycles. The number of rotatable bonds is 17. The van der Waals surface area contributed by atoms with Gasteiger partial charge in [-0.25, -0.2) is 4.79 Å². The van der Waals surface area contributed by atoms with Gasteiger partial charge in [0.15, 0.2) is 49.3 Å². The Morgan fingerprint density at radius 3 is 1.54 bits per heavy atom. The summed E-state index contributed by atoms with van der Waals surface area (Å²) in [6, 6.07) is -0.789. The van der Waals surface area contributed by atoms with E-state index in [4.69, 9.17) is 61.6 Å². The highest BCUT2D eigenvalue weighted by Gasteiger charge is 2.58. The smallest absolute Gasteiger partial charge is 0.330 e. The SMILES string of the molecule is CC(=O)OC[C@H]1O[C@@H](O[C@H]2[C@H](OC(C)=O)[C@H](N=[N+]=[N-])[C@@H](OC[C@H]3O[C@@H](n4ccc(=O)[nH]c4=O)[C@H](OC(C)=O)[C@@H]3OC(C)=O)O[C@@H]2COC(C)=O)[C@H](OC(C)=O)[C@@H](OC(C)=O)[C@H]1OC(C)=O. The Balaban J connectivity index is 1.79. The Hall–Kier alpha value is -6.45. The van der Waals surface area contributed by atoms with Gasteiger partial charge in [0, 0.05) is 72.6 Å². The zero-order chi connectivity index (χ0) is 48.3. The summed E-state index contributed by atoms with van der Waals surface area (Å²) in [7, 11) is 0. The van der Waals surface area contributed by atoms with Crippen LogP contribution in [0.2, 0.25) is 0 Å². The summed E-state index contributed by atoms with van der Waals surface area (Å²) in [6.45, 7) is 5.99. The minimum Gasteiger partial charge on any atom is -0.463 e. The zero-order valence-corrected chi connectivity index (χ0v) is 36.0. The number of hydrogen-bond donors (Lipinski definition) is 1. The quantitative estimate of drug-likeness (QED) is 0.0622. The highest BCUT2D eigenvalue weighted by Crippen LogP contribution is 2.38. The fraction of sp³-hybridized carbons (Fsp3) is 0.676. The molecule has 358 valence electrons. The normalized spacial score (nSPS) is 30.6. The van der Waals surface area contributed by atoms with Crippen LogP contribution in [0, 0.1) is 0 Å². The molecule has 0 aliphatic carbocycles. The van der Waals surface area contributed by atoms with Gasteiger partial charge in [0.2, 0.25) is 0 Å². The van der Waals surface area contributed by atoms with Gasteiger partial charge < -0.3 is 61.6 Å². The lowest BCUT2D eigenvalue weighted by atomic mass is 9.95. The van der Waals surface area contributed by atoms with Crippen molar-refractivity contribution in [3.05, 3.63) is 43.5 Å². The van der Waals surface area contributed by atoms with Crippen molar-refractivity contribution in [2.45, 2.75) is 141 Å². The van der Waals surface area contributed by atoms with Crippen LogP contribution in [-0.4, -0.2) is 157 Å². The number of aromatic amines is 1. The van der Waals surface area contributed by atoms with Crippen LogP contribution in [0.4, 0.5) is 0 Å². The molecule has 0 bridgehead atoms. The van der Waals surface area contributed by atoms with E-state index >= 15 is 0 Å². The maximum Gasteiger partial charge on any atom is 0.330 e. The van der Waals surface area contributed by atoms with E-state index in [1.807, 2.05) is 4.98 Å². The first-order valence-electron chi connectivity index (χ1n) is 19.5. The number of esters is 8. The van der Waals surface area contributed by atoms with E-state index in [2.05, 4.69) is 10.0 Å². The third-order valence-electron chi connectivity index (χ3n) is 9.23. The first-order valence-corrected chi connectivity index (χ1v) is 19.5. The van der Waals surface area contributed by atoms with Crippen LogP contribution in [0.25, 0.3) is 10.4 Å². The molecule has 0 radical (unpaired) electrons. The van der Waals surface area contributed by atoms with Gasteiger partial charge in [0.05, 0.1) is 6.61 Å². The highest BCUT2D eigenvalue weighted by molar-refractivity contribution is 5.69. The molecule has 0 spiro atoms. The minimum atomic E-state index is -1.94. The van der Waals surface area contributed by atoms with Gasteiger partial charge in [-0.3, -0.25) is 52.7 Å². The molecule has 28 heteroatoms. The molecule has 3 aliphatic rings. The van der Waals surface area contributed by atoms with Crippen LogP contribution in [0.1, 0.15) is 61.6 Å². The molecule has 65 heavy (non-hydrogen) atoms. The molecule has 0 saturated carbocycles. The van der Waals surface area contributed by atoms with Gasteiger partial charge >= 0.3 is 53.4 Å². The maximum absolute atomic E-state index is 12.8. The second-order valence-corrected chi connectivity index (χ2v) is 14.3. The predicted octanol–water partition coefficient (Wildman–Crippen LogP) is -1.32. The number of nitrogens with zero attached hydrogens (tertiary/aromatic N) is 4. The lowest BCUT2D eigenvalue weighted by Gasteiger charge is -2.48. The average Bonchev–Trinajstić information content (AvgIpc) is 3.50. The molecule has 14 atom stereocenters. The second kappa shape index (κ2) is 22.9. The standard InChI is InChI=1S/C37H47N5O23/c1-14(43)53-11-23-27(65-36-33(61-21(8)50)31(59-19(6)48)28(56-16(3)45)24(64-36)12-54-15(2)44)30(58-18(5)47)26(40-41-38)35(63-23)55-13-22-29(57-17(4)46)32(60-20(7)49)34(62-22)42-10-9-25(51)39-37(42)52/h9-10,22-24,26-36H,11-13H2,1-8H3,(H,39,51,52)/t22-,23-,24-,26+,27-,28+,29-,30-,31+,32-,33-,34-,35+,36+/m1/s1. The molecule has 0 aromatic carbocycles. The fourth-order valence-electron chi connectivity index (χ4n) is 7.02. The molecule has 3 aliphatic heterocycles. The number of aromatic nitrogens is 2. The lowest BCUT2D eigenvalue weighted by molar-refractivity contribution is -0.350. The van der Waals surface area contributed by atoms with Gasteiger partial charge in [-0.2, -0.15) is 0 Å². The molecule has 0 unspecified atom stereocenters. The molecule has 1 N–H and O–H groups in total. The molecule has 3 fully saturated rings. The summed E-state index contributed by atoms with van der Waals surface area (Å²) in [5, 5.41) is 3.73.